The van der Waals surface area contributed by atoms with Crippen molar-refractivity contribution < 1.29 is 0 Å². The van der Waals surface area contributed by atoms with Crippen molar-refractivity contribution in [3.63, 3.8) is 0 Å². The summed E-state index contributed by atoms with van der Waals surface area (Å²) >= 11 is 0. The van der Waals surface area contributed by atoms with Crippen LogP contribution in [-0.2, 0) is 0 Å². The molecule has 2 nitrogen and oxygen atoms in total. The van der Waals surface area contributed by atoms with Crippen molar-refractivity contribution in [3.05, 3.63) is 12.8 Å². The number of hydrogen-bond donors (Lipinski definition) is 0. The van der Waals surface area contributed by atoms with Crippen LogP contribution < -0.4 is 0 Å². The monoisotopic (exact) mass is 168 g/mol. The Morgan fingerprint density at radius 2 is 2.17 bits per heavy atom. The average molecular weight is 168 g/mol. The third-order valence-corrected chi connectivity index (χ3v) is 1.69. The second kappa shape index (κ2) is 5.81. The lowest BCUT2D eigenvalue weighted by atomic mass is 10.2. The molecule has 0 aliphatic carbocycles. The molecule has 0 fully saturated rings. The molecule has 0 amide bonds. The predicted molar refractivity (Wildman–Crippen MR) is 55.4 cm³/mol. The molecule has 0 atom stereocenters. The van der Waals surface area contributed by atoms with E-state index in [2.05, 4.69) is 37.2 Å². The molecule has 0 radical (unpaired) electrons. The molecule has 0 saturated heterocycles. The summed E-state index contributed by atoms with van der Waals surface area (Å²) in [5.41, 5.74) is 0. The lowest BCUT2D eigenvalue weighted by molar-refractivity contribution is 0.452. The Morgan fingerprint density at radius 1 is 1.58 bits per heavy atom. The van der Waals surface area contributed by atoms with Crippen LogP contribution in [0.2, 0.25) is 0 Å². The molecule has 70 valence electrons. The van der Waals surface area contributed by atoms with E-state index in [0.717, 1.165) is 18.8 Å². The fourth-order valence-electron chi connectivity index (χ4n) is 1.17. The van der Waals surface area contributed by atoms with Gasteiger partial charge in [0.25, 0.3) is 0 Å². The molecule has 0 aromatic carbocycles. The van der Waals surface area contributed by atoms with Gasteiger partial charge in [0, 0.05) is 20.0 Å². The number of amidine groups is 1. The molecule has 0 spiro atoms. The summed E-state index contributed by atoms with van der Waals surface area (Å²) in [6, 6.07) is 0. The maximum atomic E-state index is 4.20. The van der Waals surface area contributed by atoms with Crippen molar-refractivity contribution in [1.82, 2.24) is 4.90 Å². The van der Waals surface area contributed by atoms with Gasteiger partial charge in [-0.15, -0.1) is 0 Å². The zero-order chi connectivity index (χ0) is 9.56. The normalized spacial score (nSPS) is 11.9. The SMILES string of the molecule is C=CN(CC(C)C)C(CC)=NC. The van der Waals surface area contributed by atoms with Crippen LogP contribution in [0.4, 0.5) is 0 Å². The van der Waals surface area contributed by atoms with E-state index in [1.165, 1.54) is 0 Å². The van der Waals surface area contributed by atoms with Crippen LogP contribution in [0.25, 0.3) is 0 Å². The van der Waals surface area contributed by atoms with Crippen molar-refractivity contribution in [2.24, 2.45) is 10.9 Å². The van der Waals surface area contributed by atoms with Crippen LogP contribution in [0.15, 0.2) is 17.8 Å². The Hall–Kier alpha value is -0.790. The summed E-state index contributed by atoms with van der Waals surface area (Å²) in [5.74, 6) is 1.75. The van der Waals surface area contributed by atoms with Crippen molar-refractivity contribution >= 4 is 5.84 Å². The first-order chi connectivity index (χ1) is 5.65. The van der Waals surface area contributed by atoms with E-state index < -0.39 is 0 Å². The molecular formula is C10H20N2. The largest absolute Gasteiger partial charge is 0.337 e. The van der Waals surface area contributed by atoms with Crippen LogP contribution in [0.3, 0.4) is 0 Å². The number of rotatable bonds is 4. The van der Waals surface area contributed by atoms with Gasteiger partial charge in [-0.1, -0.05) is 27.4 Å². The summed E-state index contributed by atoms with van der Waals surface area (Å²) in [7, 11) is 1.83. The highest BCUT2D eigenvalue weighted by Gasteiger charge is 2.06. The lowest BCUT2D eigenvalue weighted by Gasteiger charge is -2.22. The molecule has 0 unspecified atom stereocenters. The molecule has 0 aliphatic rings. The predicted octanol–water partition coefficient (Wildman–Crippen LogP) is 2.53. The van der Waals surface area contributed by atoms with E-state index in [9.17, 15) is 0 Å². The van der Waals surface area contributed by atoms with Gasteiger partial charge in [0.1, 0.15) is 5.84 Å². The van der Waals surface area contributed by atoms with E-state index in [1.54, 1.807) is 0 Å². The molecule has 0 N–H and O–H groups in total. The lowest BCUT2D eigenvalue weighted by Crippen LogP contribution is -2.28. The fourth-order valence-corrected chi connectivity index (χ4v) is 1.17. The van der Waals surface area contributed by atoms with Gasteiger partial charge in [0.2, 0.25) is 0 Å². The minimum Gasteiger partial charge on any atom is -0.337 e. The van der Waals surface area contributed by atoms with Crippen molar-refractivity contribution in [3.8, 4) is 0 Å². The summed E-state index contributed by atoms with van der Waals surface area (Å²) in [4.78, 5) is 6.32. The number of nitrogens with zero attached hydrogens (tertiary/aromatic N) is 2. The van der Waals surface area contributed by atoms with E-state index in [1.807, 2.05) is 13.2 Å². The molecule has 0 aromatic heterocycles. The van der Waals surface area contributed by atoms with E-state index in [-0.39, 0.29) is 0 Å². The number of aliphatic imine (C=N–C) groups is 1. The molecule has 0 bridgehead atoms. The van der Waals surface area contributed by atoms with Crippen LogP contribution >= 0.6 is 0 Å². The maximum absolute atomic E-state index is 4.20. The third kappa shape index (κ3) is 3.56. The Bertz CT molecular complexity index is 159. The zero-order valence-corrected chi connectivity index (χ0v) is 8.67. The standard InChI is InChI=1S/C10H20N2/c1-6-10(11-5)12(7-2)8-9(3)4/h7,9H,2,6,8H2,1,3-5H3. The highest BCUT2D eigenvalue weighted by atomic mass is 15.2. The molecule has 0 aromatic rings. The summed E-state index contributed by atoms with van der Waals surface area (Å²) < 4.78 is 0. The van der Waals surface area contributed by atoms with Crippen LogP contribution in [0.1, 0.15) is 27.2 Å². The van der Waals surface area contributed by atoms with Gasteiger partial charge in [0.15, 0.2) is 0 Å². The molecule has 0 rings (SSSR count). The van der Waals surface area contributed by atoms with Gasteiger partial charge in [0.05, 0.1) is 0 Å². The molecule has 2 heteroatoms. The highest BCUT2D eigenvalue weighted by Crippen LogP contribution is 2.02. The molecule has 0 aliphatic heterocycles. The smallest absolute Gasteiger partial charge is 0.102 e. The molecule has 0 heterocycles. The second-order valence-electron chi connectivity index (χ2n) is 3.22. The van der Waals surface area contributed by atoms with Crippen LogP contribution in [-0.4, -0.2) is 24.3 Å². The first-order valence-electron chi connectivity index (χ1n) is 4.50. The van der Waals surface area contributed by atoms with E-state index in [4.69, 9.17) is 0 Å². The summed E-state index contributed by atoms with van der Waals surface area (Å²) in [6.07, 6.45) is 2.82. The van der Waals surface area contributed by atoms with E-state index >= 15 is 0 Å². The van der Waals surface area contributed by atoms with Gasteiger partial charge in [-0.3, -0.25) is 4.99 Å². The highest BCUT2D eigenvalue weighted by molar-refractivity contribution is 5.82. The average Bonchev–Trinajstić information content (AvgIpc) is 2.04. The Labute approximate surface area is 76.0 Å². The van der Waals surface area contributed by atoms with Gasteiger partial charge >= 0.3 is 0 Å². The molecule has 12 heavy (non-hydrogen) atoms. The first-order valence-corrected chi connectivity index (χ1v) is 4.50. The van der Waals surface area contributed by atoms with E-state index in [0.29, 0.717) is 5.92 Å². The second-order valence-corrected chi connectivity index (χ2v) is 3.22. The Kier molecular flexibility index (Phi) is 5.43. The fraction of sp³-hybridized carbons (Fsp3) is 0.700. The minimum atomic E-state index is 0.645. The van der Waals surface area contributed by atoms with Crippen LogP contribution in [0.5, 0.6) is 0 Å². The van der Waals surface area contributed by atoms with Crippen LogP contribution in [0, 0.1) is 5.92 Å². The zero-order valence-electron chi connectivity index (χ0n) is 8.67. The molecule has 0 saturated carbocycles. The van der Waals surface area contributed by atoms with Gasteiger partial charge in [-0.2, -0.15) is 0 Å². The Morgan fingerprint density at radius 3 is 2.42 bits per heavy atom. The molecular weight excluding hydrogens is 148 g/mol. The van der Waals surface area contributed by atoms with Crippen molar-refractivity contribution in [1.29, 1.82) is 0 Å². The van der Waals surface area contributed by atoms with Gasteiger partial charge < -0.3 is 4.90 Å². The third-order valence-electron chi connectivity index (χ3n) is 1.69. The van der Waals surface area contributed by atoms with Crippen molar-refractivity contribution in [2.75, 3.05) is 13.6 Å². The maximum Gasteiger partial charge on any atom is 0.102 e. The topological polar surface area (TPSA) is 15.6 Å². The minimum absolute atomic E-state index is 0.645. The number of hydrogen-bond acceptors (Lipinski definition) is 1. The first kappa shape index (κ1) is 11.2. The summed E-state index contributed by atoms with van der Waals surface area (Å²) in [6.45, 7) is 11.3. The van der Waals surface area contributed by atoms with Gasteiger partial charge in [-0.05, 0) is 12.1 Å². The summed E-state index contributed by atoms with van der Waals surface area (Å²) in [5, 5.41) is 0. The van der Waals surface area contributed by atoms with Gasteiger partial charge in [-0.25, -0.2) is 0 Å². The van der Waals surface area contributed by atoms with Crippen molar-refractivity contribution in [2.45, 2.75) is 27.2 Å². The quantitative estimate of drug-likeness (QED) is 0.465. The Balaban J connectivity index is 4.22.